The number of carbonyl (C=O) groups is 3. The molecule has 3 rings (SSSR count). The van der Waals surface area contributed by atoms with Crippen molar-refractivity contribution < 1.29 is 14.4 Å². The summed E-state index contributed by atoms with van der Waals surface area (Å²) in [4.78, 5) is 39.2. The molecular formula is C18H23N3O3. The zero-order valence-corrected chi connectivity index (χ0v) is 14.0. The quantitative estimate of drug-likeness (QED) is 0.813. The molecule has 0 bridgehead atoms. The number of carbonyl (C=O) groups excluding carboxylic acids is 3. The molecule has 1 fully saturated rings. The van der Waals surface area contributed by atoms with Crippen LogP contribution in [0.1, 0.15) is 47.4 Å². The molecule has 2 aliphatic rings. The highest BCUT2D eigenvalue weighted by atomic mass is 16.2. The number of rotatable bonds is 4. The van der Waals surface area contributed by atoms with E-state index in [9.17, 15) is 14.4 Å². The summed E-state index contributed by atoms with van der Waals surface area (Å²) in [6.45, 7) is 5.39. The van der Waals surface area contributed by atoms with E-state index < -0.39 is 6.04 Å². The van der Waals surface area contributed by atoms with Crippen LogP contribution in [0.15, 0.2) is 24.3 Å². The first-order valence-corrected chi connectivity index (χ1v) is 8.48. The van der Waals surface area contributed by atoms with Crippen molar-refractivity contribution >= 4 is 17.7 Å². The van der Waals surface area contributed by atoms with E-state index in [1.54, 1.807) is 24.3 Å². The molecule has 1 saturated heterocycles. The monoisotopic (exact) mass is 329 g/mol. The predicted octanol–water partition coefficient (Wildman–Crippen LogP) is 1.18. The SMILES string of the molecule is CC(C)C(C(=O)N[C@H]1CCCNC1)N1C(=O)c2ccccc2C1=O. The van der Waals surface area contributed by atoms with Crippen LogP contribution in [0, 0.1) is 5.92 Å². The minimum atomic E-state index is -0.792. The van der Waals surface area contributed by atoms with Gasteiger partial charge in [-0.25, -0.2) is 0 Å². The summed E-state index contributed by atoms with van der Waals surface area (Å²) in [5.41, 5.74) is 0.751. The van der Waals surface area contributed by atoms with Crippen LogP contribution < -0.4 is 10.6 Å². The Balaban J connectivity index is 1.82. The third-order valence-electron chi connectivity index (χ3n) is 4.65. The normalized spacial score (nSPS) is 21.8. The molecule has 2 heterocycles. The van der Waals surface area contributed by atoms with Crippen LogP contribution in [-0.4, -0.2) is 47.8 Å². The topological polar surface area (TPSA) is 78.5 Å². The molecule has 3 amide bonds. The molecule has 1 aromatic rings. The number of amides is 3. The van der Waals surface area contributed by atoms with Gasteiger partial charge in [0.2, 0.25) is 5.91 Å². The minimum absolute atomic E-state index is 0.0442. The van der Waals surface area contributed by atoms with Gasteiger partial charge in [-0.3, -0.25) is 19.3 Å². The molecule has 0 radical (unpaired) electrons. The maximum Gasteiger partial charge on any atom is 0.262 e. The summed E-state index contributed by atoms with van der Waals surface area (Å²) < 4.78 is 0. The molecule has 0 saturated carbocycles. The smallest absolute Gasteiger partial charge is 0.262 e. The Morgan fingerprint density at radius 2 is 1.83 bits per heavy atom. The Kier molecular flexibility index (Phi) is 4.66. The average Bonchev–Trinajstić information content (AvgIpc) is 2.81. The molecule has 2 atom stereocenters. The molecule has 2 N–H and O–H groups in total. The van der Waals surface area contributed by atoms with Gasteiger partial charge in [0.25, 0.3) is 11.8 Å². The highest BCUT2D eigenvalue weighted by Crippen LogP contribution is 2.27. The fourth-order valence-electron chi connectivity index (χ4n) is 3.44. The highest BCUT2D eigenvalue weighted by molar-refractivity contribution is 6.22. The van der Waals surface area contributed by atoms with Crippen LogP contribution in [0.3, 0.4) is 0 Å². The van der Waals surface area contributed by atoms with E-state index in [2.05, 4.69) is 10.6 Å². The number of hydrogen-bond acceptors (Lipinski definition) is 4. The Morgan fingerprint density at radius 3 is 2.33 bits per heavy atom. The van der Waals surface area contributed by atoms with Crippen LogP contribution in [0.5, 0.6) is 0 Å². The molecule has 128 valence electrons. The zero-order valence-electron chi connectivity index (χ0n) is 14.0. The summed E-state index contributed by atoms with van der Waals surface area (Å²) >= 11 is 0. The lowest BCUT2D eigenvalue weighted by Gasteiger charge is -2.31. The van der Waals surface area contributed by atoms with Crippen molar-refractivity contribution in [3.8, 4) is 0 Å². The zero-order chi connectivity index (χ0) is 17.3. The second-order valence-corrected chi connectivity index (χ2v) is 6.77. The highest BCUT2D eigenvalue weighted by Gasteiger charge is 2.44. The molecule has 2 aliphatic heterocycles. The maximum atomic E-state index is 12.8. The number of piperidine rings is 1. The number of imide groups is 1. The fraction of sp³-hybridized carbons (Fsp3) is 0.500. The number of benzene rings is 1. The van der Waals surface area contributed by atoms with Crippen LogP contribution >= 0.6 is 0 Å². The predicted molar refractivity (Wildman–Crippen MR) is 89.6 cm³/mol. The van der Waals surface area contributed by atoms with Crippen molar-refractivity contribution in [2.75, 3.05) is 13.1 Å². The molecule has 1 unspecified atom stereocenters. The lowest BCUT2D eigenvalue weighted by Crippen LogP contribution is -2.56. The summed E-state index contributed by atoms with van der Waals surface area (Å²) in [6, 6.07) is 5.98. The summed E-state index contributed by atoms with van der Waals surface area (Å²) in [5.74, 6) is -1.19. The first-order chi connectivity index (χ1) is 11.5. The third kappa shape index (κ3) is 2.94. The van der Waals surface area contributed by atoms with E-state index in [4.69, 9.17) is 0 Å². The van der Waals surface area contributed by atoms with Crippen molar-refractivity contribution in [3.63, 3.8) is 0 Å². The molecule has 6 heteroatoms. The number of nitrogens with zero attached hydrogens (tertiary/aromatic N) is 1. The molecule has 6 nitrogen and oxygen atoms in total. The van der Waals surface area contributed by atoms with Gasteiger partial charge in [-0.2, -0.15) is 0 Å². The van der Waals surface area contributed by atoms with E-state index in [0.717, 1.165) is 30.8 Å². The number of hydrogen-bond donors (Lipinski definition) is 2. The Labute approximate surface area is 141 Å². The Bertz CT molecular complexity index is 630. The van der Waals surface area contributed by atoms with Gasteiger partial charge in [-0.1, -0.05) is 26.0 Å². The van der Waals surface area contributed by atoms with E-state index in [0.29, 0.717) is 11.1 Å². The molecule has 24 heavy (non-hydrogen) atoms. The van der Waals surface area contributed by atoms with Gasteiger partial charge in [0.15, 0.2) is 0 Å². The number of nitrogens with one attached hydrogen (secondary N) is 2. The summed E-state index contributed by atoms with van der Waals surface area (Å²) in [7, 11) is 0. The lowest BCUT2D eigenvalue weighted by atomic mass is 10.00. The van der Waals surface area contributed by atoms with Gasteiger partial charge in [0.05, 0.1) is 11.1 Å². The maximum absolute atomic E-state index is 12.8. The van der Waals surface area contributed by atoms with Crippen molar-refractivity contribution in [1.29, 1.82) is 0 Å². The Hall–Kier alpha value is -2.21. The first kappa shape index (κ1) is 16.6. The summed E-state index contributed by atoms with van der Waals surface area (Å²) in [6.07, 6.45) is 1.91. The average molecular weight is 329 g/mol. The second-order valence-electron chi connectivity index (χ2n) is 6.77. The molecule has 0 aromatic heterocycles. The van der Waals surface area contributed by atoms with Crippen LogP contribution in [0.2, 0.25) is 0 Å². The molecule has 0 spiro atoms. The van der Waals surface area contributed by atoms with Crippen LogP contribution in [0.4, 0.5) is 0 Å². The van der Waals surface area contributed by atoms with Gasteiger partial charge in [-0.15, -0.1) is 0 Å². The van der Waals surface area contributed by atoms with Crippen LogP contribution in [-0.2, 0) is 4.79 Å². The minimum Gasteiger partial charge on any atom is -0.350 e. The molecule has 0 aliphatic carbocycles. The second kappa shape index (κ2) is 6.73. The van der Waals surface area contributed by atoms with Gasteiger partial charge in [0, 0.05) is 12.6 Å². The van der Waals surface area contributed by atoms with E-state index >= 15 is 0 Å². The van der Waals surface area contributed by atoms with E-state index in [1.807, 2.05) is 13.8 Å². The first-order valence-electron chi connectivity index (χ1n) is 8.48. The van der Waals surface area contributed by atoms with Gasteiger partial charge < -0.3 is 10.6 Å². The van der Waals surface area contributed by atoms with Crippen molar-refractivity contribution in [3.05, 3.63) is 35.4 Å². The largest absolute Gasteiger partial charge is 0.350 e. The van der Waals surface area contributed by atoms with E-state index in [-0.39, 0.29) is 29.7 Å². The van der Waals surface area contributed by atoms with Crippen molar-refractivity contribution in [2.45, 2.75) is 38.8 Å². The standard InChI is InChI=1S/C18H23N3O3/c1-11(2)15(16(22)20-12-6-5-9-19-10-12)21-17(23)13-7-3-4-8-14(13)18(21)24/h3-4,7-8,11-12,15,19H,5-6,9-10H2,1-2H3,(H,20,22)/t12-,15?/m0/s1. The van der Waals surface area contributed by atoms with Gasteiger partial charge in [0.1, 0.15) is 6.04 Å². The van der Waals surface area contributed by atoms with Crippen molar-refractivity contribution in [2.24, 2.45) is 5.92 Å². The summed E-state index contributed by atoms with van der Waals surface area (Å²) in [5, 5.41) is 6.24. The van der Waals surface area contributed by atoms with Crippen molar-refractivity contribution in [1.82, 2.24) is 15.5 Å². The molecule has 1 aromatic carbocycles. The third-order valence-corrected chi connectivity index (χ3v) is 4.65. The van der Waals surface area contributed by atoms with Gasteiger partial charge >= 0.3 is 0 Å². The van der Waals surface area contributed by atoms with E-state index in [1.165, 1.54) is 0 Å². The lowest BCUT2D eigenvalue weighted by molar-refractivity contribution is -0.127. The Morgan fingerprint density at radius 1 is 1.21 bits per heavy atom. The van der Waals surface area contributed by atoms with Gasteiger partial charge in [-0.05, 0) is 37.4 Å². The van der Waals surface area contributed by atoms with Crippen LogP contribution in [0.25, 0.3) is 0 Å². The number of fused-ring (bicyclic) bond motifs is 1. The molecular weight excluding hydrogens is 306 g/mol. The fourth-order valence-corrected chi connectivity index (χ4v) is 3.44.